The summed E-state index contributed by atoms with van der Waals surface area (Å²) in [5, 5.41) is 18.6. The molecule has 0 radical (unpaired) electrons. The van der Waals surface area contributed by atoms with Crippen molar-refractivity contribution < 1.29 is 0 Å². The highest BCUT2D eigenvalue weighted by atomic mass is 32.1. The average molecular weight is 307 g/mol. The fourth-order valence-corrected chi connectivity index (χ4v) is 2.83. The SMILES string of the molecule is CCc1nnc(CN[C@H](C)c2cn(C(C)(C)C)nc2C)s1. The van der Waals surface area contributed by atoms with E-state index >= 15 is 0 Å². The van der Waals surface area contributed by atoms with Crippen molar-refractivity contribution in [1.29, 1.82) is 0 Å². The Morgan fingerprint density at radius 3 is 2.48 bits per heavy atom. The Labute approximate surface area is 130 Å². The van der Waals surface area contributed by atoms with Gasteiger partial charge in [0.25, 0.3) is 0 Å². The molecule has 0 aromatic carbocycles. The van der Waals surface area contributed by atoms with Crippen molar-refractivity contribution in [3.8, 4) is 0 Å². The lowest BCUT2D eigenvalue weighted by atomic mass is 10.1. The molecule has 0 spiro atoms. The molecule has 0 fully saturated rings. The first-order valence-electron chi connectivity index (χ1n) is 7.42. The van der Waals surface area contributed by atoms with Crippen LogP contribution in [0.1, 0.15) is 61.9 Å². The molecule has 0 aliphatic heterocycles. The van der Waals surface area contributed by atoms with E-state index in [9.17, 15) is 0 Å². The Hall–Kier alpha value is -1.27. The minimum absolute atomic E-state index is 0.0119. The molecule has 0 amide bonds. The van der Waals surface area contributed by atoms with Crippen LogP contribution in [0.4, 0.5) is 0 Å². The zero-order chi connectivity index (χ0) is 15.6. The van der Waals surface area contributed by atoms with Crippen LogP contribution in [-0.4, -0.2) is 20.0 Å². The second kappa shape index (κ2) is 6.23. The second-order valence-corrected chi connectivity index (χ2v) is 7.48. The summed E-state index contributed by atoms with van der Waals surface area (Å²) >= 11 is 1.68. The average Bonchev–Trinajstić information content (AvgIpc) is 3.01. The Morgan fingerprint density at radius 2 is 1.95 bits per heavy atom. The lowest BCUT2D eigenvalue weighted by Crippen LogP contribution is -2.22. The Bertz CT molecular complexity index is 593. The quantitative estimate of drug-likeness (QED) is 0.921. The van der Waals surface area contributed by atoms with Crippen molar-refractivity contribution >= 4 is 11.3 Å². The summed E-state index contributed by atoms with van der Waals surface area (Å²) in [6, 6.07) is 0.245. The van der Waals surface area contributed by atoms with Crippen molar-refractivity contribution in [2.24, 2.45) is 0 Å². The number of hydrogen-bond acceptors (Lipinski definition) is 5. The summed E-state index contributed by atoms with van der Waals surface area (Å²) in [6.07, 6.45) is 3.09. The fraction of sp³-hybridized carbons (Fsp3) is 0.667. The minimum Gasteiger partial charge on any atom is -0.304 e. The maximum absolute atomic E-state index is 4.63. The maximum atomic E-state index is 4.63. The number of aromatic nitrogens is 4. The van der Waals surface area contributed by atoms with Crippen molar-refractivity contribution in [3.63, 3.8) is 0 Å². The maximum Gasteiger partial charge on any atom is 0.131 e. The third kappa shape index (κ3) is 3.89. The van der Waals surface area contributed by atoms with Gasteiger partial charge in [0.2, 0.25) is 0 Å². The van der Waals surface area contributed by atoms with Crippen molar-refractivity contribution in [3.05, 3.63) is 27.5 Å². The van der Waals surface area contributed by atoms with Crippen LogP contribution < -0.4 is 5.32 Å². The first-order valence-corrected chi connectivity index (χ1v) is 8.24. The van der Waals surface area contributed by atoms with Gasteiger partial charge in [-0.2, -0.15) is 5.10 Å². The third-order valence-electron chi connectivity index (χ3n) is 3.46. The number of rotatable bonds is 5. The van der Waals surface area contributed by atoms with Gasteiger partial charge < -0.3 is 5.32 Å². The van der Waals surface area contributed by atoms with Gasteiger partial charge in [-0.15, -0.1) is 21.5 Å². The standard InChI is InChI=1S/C15H25N5S/c1-7-13-17-18-14(21-13)8-16-10(2)12-9-20(15(4,5)6)19-11(12)3/h9-10,16H,7-8H2,1-6H3/t10-/m1/s1. The van der Waals surface area contributed by atoms with Crippen LogP contribution in [0.3, 0.4) is 0 Å². The lowest BCUT2D eigenvalue weighted by molar-refractivity contribution is 0.353. The Kier molecular flexibility index (Phi) is 4.78. The van der Waals surface area contributed by atoms with Gasteiger partial charge in [0, 0.05) is 17.8 Å². The molecule has 0 unspecified atom stereocenters. The van der Waals surface area contributed by atoms with Crippen LogP contribution in [0.25, 0.3) is 0 Å². The molecule has 1 atom stereocenters. The van der Waals surface area contributed by atoms with Gasteiger partial charge >= 0.3 is 0 Å². The van der Waals surface area contributed by atoms with Crippen molar-refractivity contribution in [2.75, 3.05) is 0 Å². The molecule has 2 aromatic rings. The zero-order valence-electron chi connectivity index (χ0n) is 13.8. The summed E-state index contributed by atoms with van der Waals surface area (Å²) in [7, 11) is 0. The number of nitrogens with zero attached hydrogens (tertiary/aromatic N) is 4. The summed E-state index contributed by atoms with van der Waals surface area (Å²) in [6.45, 7) is 13.6. The highest BCUT2D eigenvalue weighted by Crippen LogP contribution is 2.21. The molecule has 116 valence electrons. The summed E-state index contributed by atoms with van der Waals surface area (Å²) in [5.74, 6) is 0. The number of nitrogens with one attached hydrogen (secondary N) is 1. The third-order valence-corrected chi connectivity index (χ3v) is 4.53. The summed E-state index contributed by atoms with van der Waals surface area (Å²) in [4.78, 5) is 0. The molecular formula is C15H25N5S. The molecule has 2 aromatic heterocycles. The number of hydrogen-bond donors (Lipinski definition) is 1. The van der Waals surface area contributed by atoms with E-state index in [4.69, 9.17) is 0 Å². The zero-order valence-corrected chi connectivity index (χ0v) is 14.6. The van der Waals surface area contributed by atoms with Crippen LogP contribution >= 0.6 is 11.3 Å². The highest BCUT2D eigenvalue weighted by molar-refractivity contribution is 7.11. The van der Waals surface area contributed by atoms with Crippen LogP contribution in [0, 0.1) is 6.92 Å². The molecular weight excluding hydrogens is 282 g/mol. The minimum atomic E-state index is 0.0119. The Morgan fingerprint density at radius 1 is 1.29 bits per heavy atom. The summed E-state index contributed by atoms with van der Waals surface area (Å²) in [5.41, 5.74) is 2.33. The van der Waals surface area contributed by atoms with Gasteiger partial charge in [0.1, 0.15) is 10.0 Å². The van der Waals surface area contributed by atoms with Gasteiger partial charge in [0.05, 0.1) is 17.8 Å². The molecule has 1 N–H and O–H groups in total. The van der Waals surface area contributed by atoms with E-state index in [0.717, 1.165) is 28.7 Å². The van der Waals surface area contributed by atoms with Gasteiger partial charge in [-0.3, -0.25) is 4.68 Å². The van der Waals surface area contributed by atoms with E-state index < -0.39 is 0 Å². The molecule has 0 saturated heterocycles. The predicted molar refractivity (Wildman–Crippen MR) is 86.5 cm³/mol. The highest BCUT2D eigenvalue weighted by Gasteiger charge is 2.19. The van der Waals surface area contributed by atoms with E-state index in [1.165, 1.54) is 5.56 Å². The van der Waals surface area contributed by atoms with Gasteiger partial charge in [0.15, 0.2) is 0 Å². The molecule has 6 heteroatoms. The van der Waals surface area contributed by atoms with Gasteiger partial charge in [-0.05, 0) is 41.0 Å². The fourth-order valence-electron chi connectivity index (χ4n) is 2.10. The van der Waals surface area contributed by atoms with Crippen molar-refractivity contribution in [1.82, 2.24) is 25.3 Å². The van der Waals surface area contributed by atoms with E-state index in [0.29, 0.717) is 0 Å². The van der Waals surface area contributed by atoms with Gasteiger partial charge in [-0.1, -0.05) is 6.92 Å². The number of aryl methyl sites for hydroxylation is 2. The predicted octanol–water partition coefficient (Wildman–Crippen LogP) is 3.21. The molecule has 21 heavy (non-hydrogen) atoms. The monoisotopic (exact) mass is 307 g/mol. The van der Waals surface area contributed by atoms with E-state index in [1.54, 1.807) is 11.3 Å². The molecule has 0 aliphatic rings. The first-order chi connectivity index (χ1) is 9.81. The van der Waals surface area contributed by atoms with Crippen LogP contribution in [0.5, 0.6) is 0 Å². The molecule has 0 aliphatic carbocycles. The topological polar surface area (TPSA) is 55.6 Å². The van der Waals surface area contributed by atoms with Crippen LogP contribution in [0.15, 0.2) is 6.20 Å². The molecule has 2 rings (SSSR count). The van der Waals surface area contributed by atoms with Crippen LogP contribution in [0.2, 0.25) is 0 Å². The van der Waals surface area contributed by atoms with E-state index in [1.807, 2.05) is 4.68 Å². The molecule has 2 heterocycles. The first kappa shape index (κ1) is 16.1. The van der Waals surface area contributed by atoms with E-state index in [2.05, 4.69) is 68.4 Å². The lowest BCUT2D eigenvalue weighted by Gasteiger charge is -2.19. The molecule has 0 bridgehead atoms. The van der Waals surface area contributed by atoms with Gasteiger partial charge in [-0.25, -0.2) is 0 Å². The normalized spacial score (nSPS) is 13.6. The largest absolute Gasteiger partial charge is 0.304 e. The smallest absolute Gasteiger partial charge is 0.131 e. The second-order valence-electron chi connectivity index (χ2n) is 6.33. The Balaban J connectivity index is 2.03. The van der Waals surface area contributed by atoms with Crippen molar-refractivity contribution in [2.45, 2.75) is 66.1 Å². The van der Waals surface area contributed by atoms with Crippen LogP contribution in [-0.2, 0) is 18.5 Å². The summed E-state index contributed by atoms with van der Waals surface area (Å²) < 4.78 is 2.04. The molecule has 5 nitrogen and oxygen atoms in total. The molecule has 0 saturated carbocycles. The van der Waals surface area contributed by atoms with E-state index in [-0.39, 0.29) is 11.6 Å².